The third kappa shape index (κ3) is 6.23. The van der Waals surface area contributed by atoms with Crippen molar-refractivity contribution < 1.29 is 18.3 Å². The predicted octanol–water partition coefficient (Wildman–Crippen LogP) is 12.3. The van der Waals surface area contributed by atoms with Crippen LogP contribution in [0.15, 0.2) is 125 Å². The van der Waals surface area contributed by atoms with Crippen molar-refractivity contribution >= 4 is 35.6 Å². The van der Waals surface area contributed by atoms with Crippen molar-refractivity contribution in [3.05, 3.63) is 152 Å². The third-order valence-electron chi connectivity index (χ3n) is 11.2. The number of aryl methyl sites for hydroxylation is 1. The average Bonchev–Trinajstić information content (AvgIpc) is 3.73. The van der Waals surface area contributed by atoms with Crippen LogP contribution in [0.5, 0.6) is 0 Å². The first-order valence-corrected chi connectivity index (χ1v) is 25.5. The molecule has 258 valence electrons. The normalized spacial score (nSPS) is 14.0. The summed E-state index contributed by atoms with van der Waals surface area (Å²) >= 11 is -4.53. The molecule has 0 nitrogen and oxygen atoms in total. The molecule has 0 radical (unpaired) electrons. The summed E-state index contributed by atoms with van der Waals surface area (Å²) in [5.41, 5.74) is 15.2. The van der Waals surface area contributed by atoms with Gasteiger partial charge in [-0.25, -0.2) is 0 Å². The second-order valence-corrected chi connectivity index (χ2v) is 31.0. The van der Waals surface area contributed by atoms with Gasteiger partial charge >= 0.3 is 292 Å². The summed E-state index contributed by atoms with van der Waals surface area (Å²) in [5, 5.41) is 0. The summed E-state index contributed by atoms with van der Waals surface area (Å²) in [6.07, 6.45) is 8.95. The molecule has 7 rings (SSSR count). The zero-order valence-electron chi connectivity index (χ0n) is 31.0. The molecule has 0 fully saturated rings. The van der Waals surface area contributed by atoms with Crippen molar-refractivity contribution in [2.24, 2.45) is 0 Å². The minimum atomic E-state index is -4.53. The number of fused-ring (bicyclic) bond motifs is 3. The van der Waals surface area contributed by atoms with Gasteiger partial charge in [0.15, 0.2) is 0 Å². The van der Waals surface area contributed by atoms with E-state index in [0.717, 1.165) is 12.8 Å². The molecule has 50 heavy (non-hydrogen) atoms. The van der Waals surface area contributed by atoms with Crippen molar-refractivity contribution in [2.75, 3.05) is 0 Å². The Morgan fingerprint density at radius 1 is 0.640 bits per heavy atom. The Hall–Kier alpha value is -3.09. The van der Waals surface area contributed by atoms with E-state index in [4.69, 9.17) is 4.21 Å². The molecule has 0 saturated carbocycles. The van der Waals surface area contributed by atoms with Gasteiger partial charge < -0.3 is 0 Å². The zero-order chi connectivity index (χ0) is 34.1. The number of halogens is 2. The van der Waals surface area contributed by atoms with E-state index >= 15 is 0 Å². The molecule has 0 aliphatic heterocycles. The van der Waals surface area contributed by atoms with Gasteiger partial charge in [-0.15, -0.1) is 24.8 Å². The van der Waals surface area contributed by atoms with Gasteiger partial charge in [-0.3, -0.25) is 0 Å². The fourth-order valence-corrected chi connectivity index (χ4v) is 21.5. The van der Waals surface area contributed by atoms with Crippen LogP contribution in [0.4, 0.5) is 0 Å². The summed E-state index contributed by atoms with van der Waals surface area (Å²) in [7, 11) is 0. The van der Waals surface area contributed by atoms with Gasteiger partial charge in [0.1, 0.15) is 0 Å². The molecule has 2 aliphatic carbocycles. The molecule has 0 saturated heterocycles. The van der Waals surface area contributed by atoms with Crippen LogP contribution in [0.3, 0.4) is 0 Å². The van der Waals surface area contributed by atoms with Gasteiger partial charge in [0.2, 0.25) is 0 Å². The monoisotopic (exact) mass is 776 g/mol. The van der Waals surface area contributed by atoms with Crippen LogP contribution >= 0.6 is 24.8 Å². The Bertz CT molecular complexity index is 2190. The standard InChI is InChI=1S/C33H33.C7H7.C5H5.CH3.CH2.2ClH.Zr/c1-32(2,3)30-20-26-24(18-28(30)22-13-9-7-10-14-22)17-25-19-29(23-15-11-8-12-16-23)31(21-27(25)26)33(4,5)6;1-7-5-3-2-4-6-7;1-2-4-5-3-1;;;;;/h7-16,18,20-21H,17H2,1-6H3;3-6H,1H3;1-3H,4H2;1H3;1H2;2*1H;. The van der Waals surface area contributed by atoms with Gasteiger partial charge in [-0.1, -0.05) is 0 Å². The van der Waals surface area contributed by atoms with Crippen molar-refractivity contribution in [3.8, 4) is 33.4 Å². The Balaban J connectivity index is 0.00000243. The average molecular weight is 779 g/mol. The van der Waals surface area contributed by atoms with E-state index in [1.807, 2.05) is 0 Å². The first-order valence-electron chi connectivity index (χ1n) is 17.7. The van der Waals surface area contributed by atoms with Crippen LogP contribution in [0.2, 0.25) is 4.63 Å². The van der Waals surface area contributed by atoms with Crippen molar-refractivity contribution in [2.45, 2.75) is 76.8 Å². The maximum absolute atomic E-state index is 5.63. The topological polar surface area (TPSA) is 0 Å². The second-order valence-electron chi connectivity index (χ2n) is 16.9. The Kier molecular flexibility index (Phi) is 10.3. The molecule has 0 aromatic heterocycles. The van der Waals surface area contributed by atoms with E-state index in [1.54, 1.807) is 6.55 Å². The number of rotatable bonds is 5. The predicted molar refractivity (Wildman–Crippen MR) is 223 cm³/mol. The third-order valence-corrected chi connectivity index (χ3v) is 25.8. The van der Waals surface area contributed by atoms with Gasteiger partial charge in [-0.05, 0) is 0 Å². The van der Waals surface area contributed by atoms with Crippen LogP contribution < -0.4 is 6.54 Å². The first kappa shape index (κ1) is 38.2. The zero-order valence-corrected chi connectivity index (χ0v) is 35.1. The molecular formula is C47H52Cl2Zr. The second kappa shape index (κ2) is 13.5. The Morgan fingerprint density at radius 2 is 1.20 bits per heavy atom. The molecule has 0 unspecified atom stereocenters. The fourth-order valence-electron chi connectivity index (χ4n) is 8.54. The molecule has 0 spiro atoms. The van der Waals surface area contributed by atoms with E-state index in [0.29, 0.717) is 0 Å². The molecule has 0 heterocycles. The number of benzene rings is 5. The van der Waals surface area contributed by atoms with Crippen molar-refractivity contribution in [1.29, 1.82) is 0 Å². The van der Waals surface area contributed by atoms with Crippen LogP contribution in [0, 0.1) is 6.92 Å². The minimum absolute atomic E-state index is 0. The van der Waals surface area contributed by atoms with Gasteiger partial charge in [0.25, 0.3) is 0 Å². The molecule has 3 heteroatoms. The maximum atomic E-state index is 5.63. The van der Waals surface area contributed by atoms with Crippen LogP contribution in [0.1, 0.15) is 75.8 Å². The van der Waals surface area contributed by atoms with E-state index in [-0.39, 0.29) is 35.6 Å². The summed E-state index contributed by atoms with van der Waals surface area (Å²) in [4.78, 5) is 0. The SMILES string of the molecule is Cl.Cl.[CH2]=[Zr]([CH3])([C]1=CC=CC1)([c]1ccc(C)cc1)[c]1c2c(cc(C(C)(C)C)c1-c1ccccc1)-c1cc(C(C)(C)C)c(-c3ccccc3)cc1C2. The molecule has 2 aliphatic rings. The molecule has 0 N–H and O–H groups in total. The molecule has 5 aromatic rings. The van der Waals surface area contributed by atoms with E-state index in [2.05, 4.69) is 174 Å². The van der Waals surface area contributed by atoms with E-state index in [1.165, 1.54) is 64.5 Å². The van der Waals surface area contributed by atoms with Crippen LogP contribution in [0.25, 0.3) is 33.4 Å². The van der Waals surface area contributed by atoms with E-state index < -0.39 is 18.3 Å². The summed E-state index contributed by atoms with van der Waals surface area (Å²) in [6.45, 7) is 16.5. The molecule has 0 bridgehead atoms. The molecular weight excluding hydrogens is 727 g/mol. The summed E-state index contributed by atoms with van der Waals surface area (Å²) < 4.78 is 12.8. The van der Waals surface area contributed by atoms with Gasteiger partial charge in [0, 0.05) is 0 Å². The van der Waals surface area contributed by atoms with E-state index in [9.17, 15) is 0 Å². The van der Waals surface area contributed by atoms with Crippen molar-refractivity contribution in [1.82, 2.24) is 0 Å². The molecule has 5 aromatic carbocycles. The molecule has 0 atom stereocenters. The summed E-state index contributed by atoms with van der Waals surface area (Å²) in [5.74, 6) is 0. The first-order chi connectivity index (χ1) is 22.7. The Morgan fingerprint density at radius 3 is 1.74 bits per heavy atom. The van der Waals surface area contributed by atoms with Crippen molar-refractivity contribution in [3.63, 3.8) is 0 Å². The number of hydrogen-bond acceptors (Lipinski definition) is 0. The molecule has 0 amide bonds. The van der Waals surface area contributed by atoms with Crippen LogP contribution in [-0.2, 0) is 35.5 Å². The Labute approximate surface area is 314 Å². The summed E-state index contributed by atoms with van der Waals surface area (Å²) in [6, 6.07) is 39.3. The van der Waals surface area contributed by atoms with Gasteiger partial charge in [-0.2, -0.15) is 0 Å². The fraction of sp³-hybridized carbons (Fsp3) is 0.255. The van der Waals surface area contributed by atoms with Gasteiger partial charge in [0.05, 0.1) is 0 Å². The number of hydrogen-bond donors (Lipinski definition) is 0. The quantitative estimate of drug-likeness (QED) is 0.164. The van der Waals surface area contributed by atoms with Crippen LogP contribution in [-0.4, -0.2) is 4.21 Å². The number of allylic oxidation sites excluding steroid dienone is 4.